The van der Waals surface area contributed by atoms with Gasteiger partial charge in [0.2, 0.25) is 5.91 Å². The SMILES string of the molecule is CCC(=O)N(c1ccccc1F)[C@@H]1CCN(CCN2C(=O)c3ccccc3C2=O)C[C@@H]1C. The summed E-state index contributed by atoms with van der Waals surface area (Å²) in [5.41, 5.74) is 1.25. The summed E-state index contributed by atoms with van der Waals surface area (Å²) in [6.07, 6.45) is 1.00. The van der Waals surface area contributed by atoms with Gasteiger partial charge in [-0.2, -0.15) is 0 Å². The van der Waals surface area contributed by atoms with Crippen LogP contribution in [0.15, 0.2) is 48.5 Å². The Hall–Kier alpha value is -3.06. The first-order valence-electron chi connectivity index (χ1n) is 11.2. The van der Waals surface area contributed by atoms with Gasteiger partial charge >= 0.3 is 0 Å². The molecule has 1 fully saturated rings. The van der Waals surface area contributed by atoms with E-state index in [-0.39, 0.29) is 29.7 Å². The van der Waals surface area contributed by atoms with Crippen LogP contribution in [0.1, 0.15) is 47.4 Å². The van der Waals surface area contributed by atoms with Crippen molar-refractivity contribution >= 4 is 23.4 Å². The summed E-state index contributed by atoms with van der Waals surface area (Å²) in [5.74, 6) is -0.859. The van der Waals surface area contributed by atoms with E-state index < -0.39 is 5.82 Å². The zero-order chi connectivity index (χ0) is 22.8. The molecule has 3 amide bonds. The molecule has 32 heavy (non-hydrogen) atoms. The van der Waals surface area contributed by atoms with Gasteiger partial charge in [0.05, 0.1) is 16.8 Å². The molecule has 2 heterocycles. The number of benzene rings is 2. The summed E-state index contributed by atoms with van der Waals surface area (Å²) in [7, 11) is 0. The Bertz CT molecular complexity index is 1010. The van der Waals surface area contributed by atoms with Gasteiger partial charge in [0.15, 0.2) is 0 Å². The minimum absolute atomic E-state index is 0.0913. The molecule has 0 radical (unpaired) electrons. The molecule has 0 aromatic heterocycles. The summed E-state index contributed by atoms with van der Waals surface area (Å²) in [6, 6.07) is 13.2. The summed E-state index contributed by atoms with van der Waals surface area (Å²) < 4.78 is 14.5. The number of nitrogens with zero attached hydrogens (tertiary/aromatic N) is 3. The molecule has 0 saturated carbocycles. The van der Waals surface area contributed by atoms with Gasteiger partial charge in [0.1, 0.15) is 5.82 Å². The number of rotatable bonds is 6. The highest BCUT2D eigenvalue weighted by atomic mass is 19.1. The van der Waals surface area contributed by atoms with Gasteiger partial charge in [-0.25, -0.2) is 4.39 Å². The fraction of sp³-hybridized carbons (Fsp3) is 0.400. The minimum atomic E-state index is -0.394. The van der Waals surface area contributed by atoms with E-state index in [1.807, 2.05) is 0 Å². The van der Waals surface area contributed by atoms with Crippen molar-refractivity contribution in [3.8, 4) is 0 Å². The van der Waals surface area contributed by atoms with E-state index in [0.29, 0.717) is 55.8 Å². The first kappa shape index (κ1) is 22.1. The number of piperidine rings is 1. The third-order valence-electron chi connectivity index (χ3n) is 6.48. The second-order valence-electron chi connectivity index (χ2n) is 8.51. The van der Waals surface area contributed by atoms with Crippen LogP contribution in [0, 0.1) is 11.7 Å². The Labute approximate surface area is 187 Å². The van der Waals surface area contributed by atoms with Crippen LogP contribution in [0.3, 0.4) is 0 Å². The number of halogens is 1. The topological polar surface area (TPSA) is 60.9 Å². The average molecular weight is 438 g/mol. The fourth-order valence-corrected chi connectivity index (χ4v) is 4.81. The van der Waals surface area contributed by atoms with Crippen LogP contribution in [0.25, 0.3) is 0 Å². The molecule has 2 aliphatic heterocycles. The van der Waals surface area contributed by atoms with Crippen LogP contribution in [0.2, 0.25) is 0 Å². The number of imide groups is 1. The van der Waals surface area contributed by atoms with Crippen LogP contribution >= 0.6 is 0 Å². The molecule has 2 aromatic carbocycles. The van der Waals surface area contributed by atoms with Crippen molar-refractivity contribution in [2.75, 3.05) is 31.1 Å². The Morgan fingerprint density at radius 3 is 2.25 bits per heavy atom. The standard InChI is InChI=1S/C25H28FN3O3/c1-3-23(30)29(22-11-7-6-10-20(22)26)21-12-13-27(16-17(21)2)14-15-28-24(31)18-8-4-5-9-19(18)25(28)32/h4-11,17,21H,3,12-16H2,1-2H3/t17-,21+/m0/s1. The van der Waals surface area contributed by atoms with E-state index in [1.54, 1.807) is 54.3 Å². The lowest BCUT2D eigenvalue weighted by Crippen LogP contribution is -2.53. The predicted octanol–water partition coefficient (Wildman–Crippen LogP) is 3.58. The van der Waals surface area contributed by atoms with Gasteiger partial charge in [-0.1, -0.05) is 38.1 Å². The highest BCUT2D eigenvalue weighted by molar-refractivity contribution is 6.21. The van der Waals surface area contributed by atoms with E-state index in [0.717, 1.165) is 0 Å². The molecular weight excluding hydrogens is 409 g/mol. The lowest BCUT2D eigenvalue weighted by molar-refractivity contribution is -0.119. The molecule has 2 atom stereocenters. The first-order valence-corrected chi connectivity index (χ1v) is 11.2. The Balaban J connectivity index is 1.41. The number of fused-ring (bicyclic) bond motifs is 1. The van der Waals surface area contributed by atoms with Crippen LogP contribution in [-0.2, 0) is 4.79 Å². The van der Waals surface area contributed by atoms with Gasteiger partial charge in [0.25, 0.3) is 11.8 Å². The van der Waals surface area contributed by atoms with Crippen LogP contribution < -0.4 is 4.90 Å². The quantitative estimate of drug-likeness (QED) is 0.649. The van der Waals surface area contributed by atoms with E-state index in [9.17, 15) is 18.8 Å². The fourth-order valence-electron chi connectivity index (χ4n) is 4.81. The molecule has 0 unspecified atom stereocenters. The van der Waals surface area contributed by atoms with E-state index in [4.69, 9.17) is 0 Å². The summed E-state index contributed by atoms with van der Waals surface area (Å²) >= 11 is 0. The third kappa shape index (κ3) is 4.05. The number of anilines is 1. The Morgan fingerprint density at radius 1 is 1.03 bits per heavy atom. The minimum Gasteiger partial charge on any atom is -0.306 e. The number of carbonyl (C=O) groups excluding carboxylic acids is 3. The second-order valence-corrected chi connectivity index (χ2v) is 8.51. The zero-order valence-corrected chi connectivity index (χ0v) is 18.5. The Morgan fingerprint density at radius 2 is 1.66 bits per heavy atom. The molecule has 168 valence electrons. The van der Waals surface area contributed by atoms with Crippen LogP contribution in [0.4, 0.5) is 10.1 Å². The Kier molecular flexibility index (Phi) is 6.37. The number of para-hydroxylation sites is 1. The molecule has 2 aliphatic rings. The lowest BCUT2D eigenvalue weighted by Gasteiger charge is -2.43. The second kappa shape index (κ2) is 9.20. The van der Waals surface area contributed by atoms with Crippen molar-refractivity contribution in [2.24, 2.45) is 5.92 Å². The van der Waals surface area contributed by atoms with Crippen LogP contribution in [0.5, 0.6) is 0 Å². The molecule has 6 nitrogen and oxygen atoms in total. The third-order valence-corrected chi connectivity index (χ3v) is 6.48. The summed E-state index contributed by atoms with van der Waals surface area (Å²) in [4.78, 5) is 43.1. The van der Waals surface area contributed by atoms with E-state index >= 15 is 0 Å². The van der Waals surface area contributed by atoms with Crippen molar-refractivity contribution in [2.45, 2.75) is 32.7 Å². The molecule has 7 heteroatoms. The lowest BCUT2D eigenvalue weighted by atomic mass is 9.91. The van der Waals surface area contributed by atoms with Crippen molar-refractivity contribution in [1.29, 1.82) is 0 Å². The molecule has 0 bridgehead atoms. The van der Waals surface area contributed by atoms with Gasteiger partial charge in [-0.3, -0.25) is 19.3 Å². The smallest absolute Gasteiger partial charge is 0.261 e. The van der Waals surface area contributed by atoms with Gasteiger partial charge in [0, 0.05) is 38.6 Å². The number of likely N-dealkylation sites (tertiary alicyclic amines) is 1. The highest BCUT2D eigenvalue weighted by Gasteiger charge is 2.37. The largest absolute Gasteiger partial charge is 0.306 e. The molecule has 0 spiro atoms. The first-order chi connectivity index (χ1) is 15.4. The highest BCUT2D eigenvalue weighted by Crippen LogP contribution is 2.30. The molecule has 0 N–H and O–H groups in total. The van der Waals surface area contributed by atoms with Crippen molar-refractivity contribution in [1.82, 2.24) is 9.80 Å². The summed E-state index contributed by atoms with van der Waals surface area (Å²) in [5, 5.41) is 0. The van der Waals surface area contributed by atoms with Gasteiger partial charge < -0.3 is 9.80 Å². The maximum Gasteiger partial charge on any atom is 0.261 e. The van der Waals surface area contributed by atoms with Crippen molar-refractivity contribution in [3.63, 3.8) is 0 Å². The van der Waals surface area contributed by atoms with E-state index in [1.165, 1.54) is 11.0 Å². The van der Waals surface area contributed by atoms with Crippen LogP contribution in [-0.4, -0.2) is 59.7 Å². The average Bonchev–Trinajstić information content (AvgIpc) is 3.04. The molecule has 4 rings (SSSR count). The molecular formula is C25H28FN3O3. The molecule has 2 aromatic rings. The molecule has 0 aliphatic carbocycles. The normalized spacial score (nSPS) is 21.0. The van der Waals surface area contributed by atoms with Gasteiger partial charge in [-0.05, 0) is 36.6 Å². The zero-order valence-electron chi connectivity index (χ0n) is 18.5. The van der Waals surface area contributed by atoms with Gasteiger partial charge in [-0.15, -0.1) is 0 Å². The maximum atomic E-state index is 14.5. The number of hydrogen-bond acceptors (Lipinski definition) is 4. The number of amides is 3. The maximum absolute atomic E-state index is 14.5. The molecule has 1 saturated heterocycles. The van der Waals surface area contributed by atoms with E-state index in [2.05, 4.69) is 11.8 Å². The summed E-state index contributed by atoms with van der Waals surface area (Å²) in [6.45, 7) is 6.17. The van der Waals surface area contributed by atoms with Crippen molar-refractivity contribution in [3.05, 3.63) is 65.5 Å². The monoisotopic (exact) mass is 437 g/mol. The van der Waals surface area contributed by atoms with Crippen molar-refractivity contribution < 1.29 is 18.8 Å². The number of hydrogen-bond donors (Lipinski definition) is 0. The number of carbonyl (C=O) groups is 3. The predicted molar refractivity (Wildman–Crippen MR) is 120 cm³/mol.